The number of hydrogen-bond acceptors (Lipinski definition) is 7. The Morgan fingerprint density at radius 2 is 1.91 bits per heavy atom. The lowest BCUT2D eigenvalue weighted by Gasteiger charge is -2.27. The summed E-state index contributed by atoms with van der Waals surface area (Å²) in [6.07, 6.45) is 2.23. The molecule has 9 nitrogen and oxygen atoms in total. The van der Waals surface area contributed by atoms with Gasteiger partial charge in [0.25, 0.3) is 0 Å². The topological polar surface area (TPSA) is 137 Å². The molecule has 1 aliphatic heterocycles. The van der Waals surface area contributed by atoms with Crippen LogP contribution in [0.2, 0.25) is 0 Å². The predicted molar refractivity (Wildman–Crippen MR) is 120 cm³/mol. The molecule has 1 aromatic carbocycles. The monoisotopic (exact) mass is 462 g/mol. The van der Waals surface area contributed by atoms with E-state index in [4.69, 9.17) is 9.47 Å². The van der Waals surface area contributed by atoms with Crippen molar-refractivity contribution in [1.29, 1.82) is 0 Å². The van der Waals surface area contributed by atoms with Crippen LogP contribution < -0.4 is 15.4 Å². The molecule has 9 heteroatoms. The molecule has 1 saturated heterocycles. The number of fused-ring (bicyclic) bond motifs is 1. The SMILES string of the molecule is COc1ccc2c(c1)CCC(C(=O)N[C@@H](CO)C(=O)NC(CC(C)C)C(=O)C1(CO)CO1)C2. The molecule has 0 aromatic heterocycles. The van der Waals surface area contributed by atoms with Crippen molar-refractivity contribution in [3.05, 3.63) is 29.3 Å². The number of benzene rings is 1. The lowest BCUT2D eigenvalue weighted by atomic mass is 9.83. The number of rotatable bonds is 11. The number of carbonyl (C=O) groups is 3. The van der Waals surface area contributed by atoms with Crippen LogP contribution in [0.3, 0.4) is 0 Å². The summed E-state index contributed by atoms with van der Waals surface area (Å²) in [5.74, 6) is -0.794. The largest absolute Gasteiger partial charge is 0.497 e. The van der Waals surface area contributed by atoms with Gasteiger partial charge in [0.15, 0.2) is 11.4 Å². The van der Waals surface area contributed by atoms with Crippen molar-refractivity contribution in [3.8, 4) is 5.75 Å². The van der Waals surface area contributed by atoms with Crippen LogP contribution in [0.4, 0.5) is 0 Å². The highest BCUT2D eigenvalue weighted by atomic mass is 16.6. The van der Waals surface area contributed by atoms with E-state index in [0.29, 0.717) is 19.3 Å². The second-order valence-corrected chi connectivity index (χ2v) is 9.31. The van der Waals surface area contributed by atoms with Gasteiger partial charge in [-0.15, -0.1) is 0 Å². The summed E-state index contributed by atoms with van der Waals surface area (Å²) in [5, 5.41) is 24.6. The molecule has 0 saturated carbocycles. The fraction of sp³-hybridized carbons (Fsp3) is 0.625. The van der Waals surface area contributed by atoms with E-state index < -0.39 is 42.6 Å². The van der Waals surface area contributed by atoms with Crippen molar-refractivity contribution in [1.82, 2.24) is 10.6 Å². The average Bonchev–Trinajstić information content (AvgIpc) is 3.61. The van der Waals surface area contributed by atoms with Gasteiger partial charge in [-0.1, -0.05) is 19.9 Å². The van der Waals surface area contributed by atoms with Crippen molar-refractivity contribution in [2.45, 2.75) is 57.2 Å². The minimum atomic E-state index is -1.26. The average molecular weight is 463 g/mol. The number of nitrogens with one attached hydrogen (secondary N) is 2. The number of methoxy groups -OCH3 is 1. The summed E-state index contributed by atoms with van der Waals surface area (Å²) in [4.78, 5) is 38.5. The first-order valence-corrected chi connectivity index (χ1v) is 11.4. The molecule has 2 amide bonds. The minimum Gasteiger partial charge on any atom is -0.497 e. The third kappa shape index (κ3) is 5.90. The fourth-order valence-corrected chi connectivity index (χ4v) is 4.26. The molecule has 1 fully saturated rings. The first kappa shape index (κ1) is 25.1. The molecule has 33 heavy (non-hydrogen) atoms. The molecule has 1 aliphatic carbocycles. The van der Waals surface area contributed by atoms with Crippen molar-refractivity contribution in [2.24, 2.45) is 11.8 Å². The molecule has 2 aliphatic rings. The van der Waals surface area contributed by atoms with Crippen LogP contribution in [-0.2, 0) is 32.0 Å². The van der Waals surface area contributed by atoms with Gasteiger partial charge in [0.05, 0.1) is 33.0 Å². The number of epoxide rings is 1. The highest BCUT2D eigenvalue weighted by Crippen LogP contribution is 2.30. The van der Waals surface area contributed by atoms with Crippen LogP contribution in [0.25, 0.3) is 0 Å². The van der Waals surface area contributed by atoms with Crippen LogP contribution in [0.1, 0.15) is 37.8 Å². The van der Waals surface area contributed by atoms with Crippen LogP contribution in [0.15, 0.2) is 18.2 Å². The van der Waals surface area contributed by atoms with Crippen LogP contribution in [0.5, 0.6) is 5.75 Å². The maximum absolute atomic E-state index is 12.9. The number of hydrogen-bond donors (Lipinski definition) is 4. The van der Waals surface area contributed by atoms with Crippen LogP contribution in [-0.4, -0.2) is 72.4 Å². The molecule has 0 bridgehead atoms. The Labute approximate surface area is 193 Å². The smallest absolute Gasteiger partial charge is 0.245 e. The van der Waals surface area contributed by atoms with E-state index in [9.17, 15) is 24.6 Å². The van der Waals surface area contributed by atoms with Gasteiger partial charge in [-0.2, -0.15) is 0 Å². The standard InChI is InChI=1S/C24H34N2O7/c1-14(2)8-19(21(29)24(12-28)13-33-24)25-23(31)20(11-27)26-22(30)17-5-4-16-10-18(32-3)7-6-15(16)9-17/h6-7,10,14,17,19-20,27-28H,4-5,8-9,11-13H2,1-3H3,(H,25,31)(H,26,30)/t17?,19?,20-,24?/m0/s1. The Morgan fingerprint density at radius 3 is 2.48 bits per heavy atom. The number of aliphatic hydroxyl groups excluding tert-OH is 2. The van der Waals surface area contributed by atoms with Crippen LogP contribution in [0, 0.1) is 11.8 Å². The van der Waals surface area contributed by atoms with Crippen molar-refractivity contribution in [2.75, 3.05) is 26.9 Å². The molecule has 1 heterocycles. The van der Waals surface area contributed by atoms with Gasteiger partial charge in [0, 0.05) is 5.92 Å². The third-order valence-corrected chi connectivity index (χ3v) is 6.37. The van der Waals surface area contributed by atoms with E-state index in [1.165, 1.54) is 0 Å². The summed E-state index contributed by atoms with van der Waals surface area (Å²) in [7, 11) is 1.61. The molecular weight excluding hydrogens is 428 g/mol. The summed E-state index contributed by atoms with van der Waals surface area (Å²) in [6, 6.07) is 3.72. The number of ketones is 1. The third-order valence-electron chi connectivity index (χ3n) is 6.37. The van der Waals surface area contributed by atoms with Crippen LogP contribution >= 0.6 is 0 Å². The number of aliphatic hydroxyl groups is 2. The molecule has 0 spiro atoms. The molecule has 4 N–H and O–H groups in total. The molecule has 0 radical (unpaired) electrons. The quantitative estimate of drug-likeness (QED) is 0.343. The molecule has 3 rings (SSSR count). The van der Waals surface area contributed by atoms with Gasteiger partial charge in [-0.05, 0) is 54.9 Å². The second kappa shape index (κ2) is 10.6. The van der Waals surface area contributed by atoms with Gasteiger partial charge in [-0.25, -0.2) is 0 Å². The number of ether oxygens (including phenoxy) is 2. The lowest BCUT2D eigenvalue weighted by molar-refractivity contribution is -0.135. The van der Waals surface area contributed by atoms with E-state index in [-0.39, 0.29) is 24.3 Å². The molecular formula is C24H34N2O7. The number of carbonyl (C=O) groups excluding carboxylic acids is 3. The van der Waals surface area contributed by atoms with Crippen molar-refractivity contribution in [3.63, 3.8) is 0 Å². The number of aryl methyl sites for hydroxylation is 1. The zero-order valence-electron chi connectivity index (χ0n) is 19.4. The minimum absolute atomic E-state index is 0.0943. The van der Waals surface area contributed by atoms with E-state index >= 15 is 0 Å². The van der Waals surface area contributed by atoms with Crippen molar-refractivity contribution < 1.29 is 34.1 Å². The van der Waals surface area contributed by atoms with Gasteiger partial charge >= 0.3 is 0 Å². The second-order valence-electron chi connectivity index (χ2n) is 9.31. The summed E-state index contributed by atoms with van der Waals surface area (Å²) >= 11 is 0. The number of Topliss-reactive ketones (excluding diaryl/α,β-unsaturated/α-hetero) is 1. The summed E-state index contributed by atoms with van der Waals surface area (Å²) < 4.78 is 10.4. The van der Waals surface area contributed by atoms with Crippen molar-refractivity contribution >= 4 is 17.6 Å². The highest BCUT2D eigenvalue weighted by molar-refractivity contribution is 5.98. The van der Waals surface area contributed by atoms with Gasteiger partial charge in [-0.3, -0.25) is 14.4 Å². The van der Waals surface area contributed by atoms with E-state index in [1.54, 1.807) is 7.11 Å². The Morgan fingerprint density at radius 1 is 1.18 bits per heavy atom. The summed E-state index contributed by atoms with van der Waals surface area (Å²) in [6.45, 7) is 2.89. The maximum Gasteiger partial charge on any atom is 0.245 e. The Bertz CT molecular complexity index is 882. The lowest BCUT2D eigenvalue weighted by Crippen LogP contribution is -2.56. The molecule has 4 atom stereocenters. The normalized spacial score (nSPS) is 23.3. The fourth-order valence-electron chi connectivity index (χ4n) is 4.26. The highest BCUT2D eigenvalue weighted by Gasteiger charge is 2.54. The predicted octanol–water partition coefficient (Wildman–Crippen LogP) is 0.139. The zero-order chi connectivity index (χ0) is 24.2. The zero-order valence-corrected chi connectivity index (χ0v) is 19.4. The molecule has 182 valence electrons. The van der Waals surface area contributed by atoms with E-state index in [2.05, 4.69) is 10.6 Å². The first-order valence-electron chi connectivity index (χ1n) is 11.4. The molecule has 3 unspecified atom stereocenters. The van der Waals surface area contributed by atoms with E-state index in [0.717, 1.165) is 23.3 Å². The number of amides is 2. The first-order chi connectivity index (χ1) is 15.7. The Balaban J connectivity index is 1.62. The van der Waals surface area contributed by atoms with Gasteiger partial charge < -0.3 is 30.3 Å². The Kier molecular flexibility index (Phi) is 8.10. The van der Waals surface area contributed by atoms with E-state index in [1.807, 2.05) is 32.0 Å². The summed E-state index contributed by atoms with van der Waals surface area (Å²) in [5.41, 5.74) is 0.946. The van der Waals surface area contributed by atoms with Gasteiger partial charge in [0.1, 0.15) is 11.8 Å². The molecule has 1 aromatic rings. The maximum atomic E-state index is 12.9. The van der Waals surface area contributed by atoms with Gasteiger partial charge in [0.2, 0.25) is 11.8 Å². The Hall–Kier alpha value is -2.49.